The number of H-pyrrole nitrogens is 1. The first kappa shape index (κ1) is 14.6. The highest BCUT2D eigenvalue weighted by molar-refractivity contribution is 5.65. The highest BCUT2D eigenvalue weighted by Crippen LogP contribution is 2.27. The van der Waals surface area contributed by atoms with E-state index in [1.165, 1.54) is 10.5 Å². The molecule has 0 saturated carbocycles. The van der Waals surface area contributed by atoms with Crippen molar-refractivity contribution in [1.29, 1.82) is 0 Å². The van der Waals surface area contributed by atoms with Crippen LogP contribution in [0.2, 0.25) is 0 Å². The molecule has 1 saturated heterocycles. The van der Waals surface area contributed by atoms with Crippen molar-refractivity contribution in [2.75, 3.05) is 13.1 Å². The lowest BCUT2D eigenvalue weighted by Crippen LogP contribution is -2.38. The molecule has 0 aromatic carbocycles. The number of carboxylic acid groups (broad SMARTS) is 1. The first-order valence-corrected chi connectivity index (χ1v) is 7.54. The third kappa shape index (κ3) is 2.84. The molecule has 0 bridgehead atoms. The fraction of sp³-hybridized carbons (Fsp3) is 0.533. The fourth-order valence-electron chi connectivity index (χ4n) is 2.74. The van der Waals surface area contributed by atoms with Crippen LogP contribution in [0.5, 0.6) is 0 Å². The Hall–Kier alpha value is -2.31. The summed E-state index contributed by atoms with van der Waals surface area (Å²) in [6.45, 7) is 5.24. The molecule has 3 heterocycles. The van der Waals surface area contributed by atoms with Crippen LogP contribution >= 0.6 is 0 Å². The molecule has 3 rings (SSSR count). The molecule has 0 radical (unpaired) electrons. The van der Waals surface area contributed by atoms with E-state index in [4.69, 9.17) is 9.63 Å². The van der Waals surface area contributed by atoms with Crippen LogP contribution in [0.4, 0.5) is 4.79 Å². The Kier molecular flexibility index (Phi) is 3.87. The van der Waals surface area contributed by atoms with E-state index in [2.05, 4.69) is 29.0 Å². The van der Waals surface area contributed by atoms with Gasteiger partial charge < -0.3 is 19.5 Å². The Balaban J connectivity index is 1.76. The average Bonchev–Trinajstić information content (AvgIpc) is 3.16. The highest BCUT2D eigenvalue weighted by Gasteiger charge is 2.28. The van der Waals surface area contributed by atoms with E-state index in [-0.39, 0.29) is 5.92 Å². The lowest BCUT2D eigenvalue weighted by molar-refractivity contribution is 0.129. The van der Waals surface area contributed by atoms with Crippen LogP contribution in [0, 0.1) is 0 Å². The van der Waals surface area contributed by atoms with Crippen LogP contribution in [-0.4, -0.2) is 44.3 Å². The van der Waals surface area contributed by atoms with Crippen molar-refractivity contribution in [3.8, 4) is 11.6 Å². The van der Waals surface area contributed by atoms with Crippen LogP contribution < -0.4 is 0 Å². The molecule has 2 N–H and O–H groups in total. The van der Waals surface area contributed by atoms with E-state index in [1.807, 2.05) is 12.3 Å². The van der Waals surface area contributed by atoms with Crippen molar-refractivity contribution in [2.45, 2.75) is 38.5 Å². The lowest BCUT2D eigenvalue weighted by Gasteiger charge is -2.28. The minimum atomic E-state index is -0.889. The van der Waals surface area contributed by atoms with Crippen LogP contribution in [0.15, 0.2) is 16.8 Å². The molecule has 7 nitrogen and oxygen atoms in total. The van der Waals surface area contributed by atoms with E-state index in [0.717, 1.165) is 18.5 Å². The van der Waals surface area contributed by atoms with E-state index < -0.39 is 6.09 Å². The fourth-order valence-corrected chi connectivity index (χ4v) is 2.74. The molecule has 1 aliphatic rings. The van der Waals surface area contributed by atoms with Gasteiger partial charge in [0.15, 0.2) is 5.82 Å². The smallest absolute Gasteiger partial charge is 0.407 e. The van der Waals surface area contributed by atoms with Crippen molar-refractivity contribution in [3.63, 3.8) is 0 Å². The van der Waals surface area contributed by atoms with Crippen molar-refractivity contribution in [2.24, 2.45) is 0 Å². The normalized spacial score (nSPS) is 18.9. The summed E-state index contributed by atoms with van der Waals surface area (Å²) in [5, 5.41) is 13.1. The van der Waals surface area contributed by atoms with E-state index >= 15 is 0 Å². The number of piperidine rings is 1. The summed E-state index contributed by atoms with van der Waals surface area (Å²) in [5.74, 6) is 1.47. The first-order valence-electron chi connectivity index (χ1n) is 7.54. The molecule has 7 heteroatoms. The lowest BCUT2D eigenvalue weighted by atomic mass is 9.98. The summed E-state index contributed by atoms with van der Waals surface area (Å²) in [6, 6.07) is 2.01. The molecule has 2 aromatic heterocycles. The van der Waals surface area contributed by atoms with Gasteiger partial charge in [0.1, 0.15) is 5.69 Å². The topological polar surface area (TPSA) is 95.2 Å². The monoisotopic (exact) mass is 304 g/mol. The first-order chi connectivity index (χ1) is 10.5. The molecular formula is C15H20N4O3. The number of aromatic amines is 1. The summed E-state index contributed by atoms with van der Waals surface area (Å²) < 4.78 is 5.33. The zero-order chi connectivity index (χ0) is 15.7. The minimum absolute atomic E-state index is 0.00174. The molecule has 22 heavy (non-hydrogen) atoms. The number of carbonyl (C=O) groups is 1. The van der Waals surface area contributed by atoms with Crippen molar-refractivity contribution in [3.05, 3.63) is 23.7 Å². The van der Waals surface area contributed by atoms with Gasteiger partial charge in [-0.1, -0.05) is 19.0 Å². The van der Waals surface area contributed by atoms with Gasteiger partial charge in [0.2, 0.25) is 0 Å². The second-order valence-electron chi connectivity index (χ2n) is 6.03. The van der Waals surface area contributed by atoms with Crippen molar-refractivity contribution < 1.29 is 14.4 Å². The van der Waals surface area contributed by atoms with Gasteiger partial charge in [-0.25, -0.2) is 4.79 Å². The van der Waals surface area contributed by atoms with Crippen LogP contribution in [0.1, 0.15) is 49.9 Å². The van der Waals surface area contributed by atoms with E-state index in [0.29, 0.717) is 30.7 Å². The van der Waals surface area contributed by atoms with Crippen molar-refractivity contribution >= 4 is 6.09 Å². The van der Waals surface area contributed by atoms with Crippen LogP contribution in [-0.2, 0) is 0 Å². The number of aromatic nitrogens is 3. The largest absolute Gasteiger partial charge is 0.465 e. The molecule has 0 spiro atoms. The van der Waals surface area contributed by atoms with Crippen molar-refractivity contribution in [1.82, 2.24) is 20.0 Å². The molecule has 0 aliphatic carbocycles. The Morgan fingerprint density at radius 2 is 2.36 bits per heavy atom. The van der Waals surface area contributed by atoms with Gasteiger partial charge in [-0.15, -0.1) is 0 Å². The Labute approximate surface area is 128 Å². The maximum Gasteiger partial charge on any atom is 0.407 e. The number of nitrogens with zero attached hydrogens (tertiary/aromatic N) is 3. The second-order valence-corrected chi connectivity index (χ2v) is 6.03. The predicted octanol–water partition coefficient (Wildman–Crippen LogP) is 3.05. The number of amides is 1. The van der Waals surface area contributed by atoms with E-state index in [1.54, 1.807) is 0 Å². The Morgan fingerprint density at radius 3 is 3.05 bits per heavy atom. The minimum Gasteiger partial charge on any atom is -0.465 e. The maximum atomic E-state index is 11.1. The third-order valence-electron chi connectivity index (χ3n) is 4.10. The van der Waals surface area contributed by atoms with Gasteiger partial charge in [-0.05, 0) is 30.4 Å². The zero-order valence-corrected chi connectivity index (χ0v) is 12.7. The number of likely N-dealkylation sites (tertiary alicyclic amines) is 1. The number of hydrogen-bond donors (Lipinski definition) is 2. The number of rotatable bonds is 3. The molecule has 1 atom stereocenters. The quantitative estimate of drug-likeness (QED) is 0.908. The van der Waals surface area contributed by atoms with Gasteiger partial charge >= 0.3 is 6.09 Å². The summed E-state index contributed by atoms with van der Waals surface area (Å²) in [7, 11) is 0. The van der Waals surface area contributed by atoms with Gasteiger partial charge in [0.25, 0.3) is 5.89 Å². The zero-order valence-electron chi connectivity index (χ0n) is 12.7. The molecule has 118 valence electrons. The second kappa shape index (κ2) is 5.82. The standard InChI is InChI=1S/C15H20N4O3/c1-9(2)11-6-12(16-7-11)14-17-13(18-22-14)10-4-3-5-19(8-10)15(20)21/h6-7,9-10,16H,3-5,8H2,1-2H3,(H,20,21)/t10-/m0/s1. The van der Waals surface area contributed by atoms with Gasteiger partial charge in [0.05, 0.1) is 0 Å². The molecule has 0 unspecified atom stereocenters. The van der Waals surface area contributed by atoms with Gasteiger partial charge in [0, 0.05) is 25.2 Å². The Morgan fingerprint density at radius 1 is 1.55 bits per heavy atom. The highest BCUT2D eigenvalue weighted by atomic mass is 16.5. The molecular weight excluding hydrogens is 284 g/mol. The molecule has 1 aliphatic heterocycles. The molecule has 1 fully saturated rings. The third-order valence-corrected chi connectivity index (χ3v) is 4.10. The van der Waals surface area contributed by atoms with Crippen LogP contribution in [0.25, 0.3) is 11.6 Å². The van der Waals surface area contributed by atoms with Gasteiger partial charge in [-0.3, -0.25) is 0 Å². The number of nitrogens with one attached hydrogen (secondary N) is 1. The SMILES string of the molecule is CC(C)c1c[nH]c(-c2nc([C@H]3CCCN(C(=O)O)C3)no2)c1. The van der Waals surface area contributed by atoms with Gasteiger partial charge in [-0.2, -0.15) is 4.98 Å². The molecule has 2 aromatic rings. The predicted molar refractivity (Wildman–Crippen MR) is 79.7 cm³/mol. The van der Waals surface area contributed by atoms with E-state index in [9.17, 15) is 4.79 Å². The summed E-state index contributed by atoms with van der Waals surface area (Å²) in [6.07, 6.45) is 2.75. The average molecular weight is 304 g/mol. The summed E-state index contributed by atoms with van der Waals surface area (Å²) in [4.78, 5) is 20.1. The maximum absolute atomic E-state index is 11.1. The molecule has 1 amide bonds. The Bertz CT molecular complexity index is 661. The summed E-state index contributed by atoms with van der Waals surface area (Å²) >= 11 is 0. The summed E-state index contributed by atoms with van der Waals surface area (Å²) in [5.41, 5.74) is 1.98. The van der Waals surface area contributed by atoms with Crippen LogP contribution in [0.3, 0.4) is 0 Å². The number of hydrogen-bond acceptors (Lipinski definition) is 4.